The Kier molecular flexibility index (Phi) is 7.07. The number of amides is 2. The van der Waals surface area contributed by atoms with Gasteiger partial charge in [0.2, 0.25) is 5.91 Å². The van der Waals surface area contributed by atoms with Crippen LogP contribution in [0.1, 0.15) is 21.7 Å². The largest absolute Gasteiger partial charge is 0.416 e. The molecule has 0 bridgehead atoms. The van der Waals surface area contributed by atoms with Gasteiger partial charge in [-0.15, -0.1) is 0 Å². The van der Waals surface area contributed by atoms with E-state index < -0.39 is 17.6 Å². The SMILES string of the molecule is O=C(Cn1c(CCNC(=O)c2ccc(Cl)cc2)nc2ccccc21)Nc1cccc(C(F)(F)F)c1. The number of fused-ring (bicyclic) bond motifs is 1. The van der Waals surface area contributed by atoms with Crippen LogP contribution in [0.15, 0.2) is 72.8 Å². The molecule has 1 aromatic heterocycles. The van der Waals surface area contributed by atoms with Crippen molar-refractivity contribution >= 4 is 40.1 Å². The lowest BCUT2D eigenvalue weighted by molar-refractivity contribution is -0.137. The zero-order chi connectivity index (χ0) is 25.0. The molecule has 0 radical (unpaired) electrons. The lowest BCUT2D eigenvalue weighted by atomic mass is 10.2. The Hall–Kier alpha value is -3.85. The number of anilines is 1. The van der Waals surface area contributed by atoms with E-state index in [1.807, 2.05) is 6.07 Å². The van der Waals surface area contributed by atoms with Crippen molar-refractivity contribution in [2.45, 2.75) is 19.1 Å². The number of nitrogens with zero attached hydrogens (tertiary/aromatic N) is 2. The molecule has 6 nitrogen and oxygen atoms in total. The van der Waals surface area contributed by atoms with Crippen molar-refractivity contribution < 1.29 is 22.8 Å². The molecule has 180 valence electrons. The van der Waals surface area contributed by atoms with E-state index in [-0.39, 0.29) is 24.7 Å². The molecule has 35 heavy (non-hydrogen) atoms. The zero-order valence-electron chi connectivity index (χ0n) is 18.3. The number of rotatable bonds is 7. The molecule has 0 aliphatic heterocycles. The molecular weight excluding hydrogens is 481 g/mol. The van der Waals surface area contributed by atoms with E-state index in [2.05, 4.69) is 15.6 Å². The lowest BCUT2D eigenvalue weighted by Crippen LogP contribution is -2.27. The molecule has 4 aromatic rings. The van der Waals surface area contributed by atoms with E-state index in [1.165, 1.54) is 12.1 Å². The Morgan fingerprint density at radius 1 is 0.971 bits per heavy atom. The molecule has 0 aliphatic carbocycles. The van der Waals surface area contributed by atoms with E-state index in [4.69, 9.17) is 11.6 Å². The zero-order valence-corrected chi connectivity index (χ0v) is 19.0. The van der Waals surface area contributed by atoms with Crippen molar-refractivity contribution in [3.8, 4) is 0 Å². The van der Waals surface area contributed by atoms with Crippen LogP contribution in [-0.4, -0.2) is 27.9 Å². The van der Waals surface area contributed by atoms with Gasteiger partial charge < -0.3 is 15.2 Å². The van der Waals surface area contributed by atoms with Gasteiger partial charge in [0.25, 0.3) is 5.91 Å². The summed E-state index contributed by atoms with van der Waals surface area (Å²) < 4.78 is 40.6. The Morgan fingerprint density at radius 3 is 2.46 bits per heavy atom. The van der Waals surface area contributed by atoms with Gasteiger partial charge in [0.15, 0.2) is 0 Å². The van der Waals surface area contributed by atoms with Crippen molar-refractivity contribution in [3.63, 3.8) is 0 Å². The summed E-state index contributed by atoms with van der Waals surface area (Å²) in [5, 5.41) is 5.85. The first-order valence-electron chi connectivity index (χ1n) is 10.7. The maximum Gasteiger partial charge on any atom is 0.416 e. The van der Waals surface area contributed by atoms with Crippen molar-refractivity contribution in [2.24, 2.45) is 0 Å². The number of nitrogens with one attached hydrogen (secondary N) is 2. The quantitative estimate of drug-likeness (QED) is 0.360. The van der Waals surface area contributed by atoms with Crippen LogP contribution in [0.5, 0.6) is 0 Å². The van der Waals surface area contributed by atoms with Crippen LogP contribution in [0.2, 0.25) is 5.02 Å². The highest BCUT2D eigenvalue weighted by molar-refractivity contribution is 6.30. The molecule has 1 heterocycles. The van der Waals surface area contributed by atoms with Crippen LogP contribution in [0.25, 0.3) is 11.0 Å². The van der Waals surface area contributed by atoms with E-state index in [0.717, 1.165) is 12.1 Å². The number of halogens is 4. The third-order valence-corrected chi connectivity index (χ3v) is 5.50. The number of benzene rings is 3. The molecule has 3 aromatic carbocycles. The summed E-state index contributed by atoms with van der Waals surface area (Å²) in [6.07, 6.45) is -4.17. The Morgan fingerprint density at radius 2 is 1.71 bits per heavy atom. The Labute approximate surface area is 203 Å². The fraction of sp³-hybridized carbons (Fsp3) is 0.160. The van der Waals surface area contributed by atoms with Gasteiger partial charge in [-0.1, -0.05) is 29.8 Å². The predicted molar refractivity (Wildman–Crippen MR) is 127 cm³/mol. The molecule has 10 heteroatoms. The number of carbonyl (C=O) groups excluding carboxylic acids is 2. The minimum absolute atomic E-state index is 0.0472. The second kappa shape index (κ2) is 10.2. The van der Waals surface area contributed by atoms with Crippen LogP contribution < -0.4 is 10.6 Å². The smallest absolute Gasteiger partial charge is 0.352 e. The molecule has 4 rings (SSSR count). The number of hydrogen-bond acceptors (Lipinski definition) is 3. The van der Waals surface area contributed by atoms with Gasteiger partial charge in [-0.25, -0.2) is 4.98 Å². The van der Waals surface area contributed by atoms with Crippen LogP contribution in [0, 0.1) is 0 Å². The molecule has 0 spiro atoms. The number of aromatic nitrogens is 2. The number of imidazole rings is 1. The average Bonchev–Trinajstić information content (AvgIpc) is 3.16. The highest BCUT2D eigenvalue weighted by Crippen LogP contribution is 2.30. The van der Waals surface area contributed by atoms with Gasteiger partial charge in [-0.3, -0.25) is 9.59 Å². The summed E-state index contributed by atoms with van der Waals surface area (Å²) in [5.41, 5.74) is 1.03. The molecule has 0 saturated carbocycles. The number of hydrogen-bond donors (Lipinski definition) is 2. The first-order valence-corrected chi connectivity index (χ1v) is 11.0. The summed E-state index contributed by atoms with van der Waals surface area (Å²) in [6, 6.07) is 18.2. The first kappa shape index (κ1) is 24.3. The van der Waals surface area contributed by atoms with E-state index in [0.29, 0.717) is 33.9 Å². The fourth-order valence-corrected chi connectivity index (χ4v) is 3.73. The normalized spacial score (nSPS) is 11.4. The summed E-state index contributed by atoms with van der Waals surface area (Å²) >= 11 is 5.85. The third-order valence-electron chi connectivity index (χ3n) is 5.25. The van der Waals surface area contributed by atoms with Crippen molar-refractivity contribution in [3.05, 3.63) is 94.8 Å². The predicted octanol–water partition coefficient (Wildman–Crippen LogP) is 5.32. The molecule has 0 fully saturated rings. The number of para-hydroxylation sites is 2. The molecule has 2 amide bonds. The molecular formula is C25H20ClF3N4O2. The maximum atomic E-state index is 13.0. The standard InChI is InChI=1S/C25H20ClF3N4O2/c26-18-10-8-16(9-11-18)24(35)30-13-12-22-32-20-6-1-2-7-21(20)33(22)15-23(34)31-19-5-3-4-17(14-19)25(27,28)29/h1-11,14H,12-13,15H2,(H,30,35)(H,31,34). The first-order chi connectivity index (χ1) is 16.7. The van der Waals surface area contributed by atoms with Crippen LogP contribution in [0.4, 0.5) is 18.9 Å². The Bertz CT molecular complexity index is 1370. The molecule has 0 saturated heterocycles. The second-order valence-electron chi connectivity index (χ2n) is 7.74. The lowest BCUT2D eigenvalue weighted by Gasteiger charge is -2.12. The van der Waals surface area contributed by atoms with Gasteiger partial charge >= 0.3 is 6.18 Å². The van der Waals surface area contributed by atoms with Gasteiger partial charge in [0.05, 0.1) is 16.6 Å². The molecule has 2 N–H and O–H groups in total. The third kappa shape index (κ3) is 5.99. The molecule has 0 unspecified atom stereocenters. The molecule has 0 aliphatic rings. The van der Waals surface area contributed by atoms with Crippen LogP contribution in [0.3, 0.4) is 0 Å². The van der Waals surface area contributed by atoms with Gasteiger partial charge in [-0.2, -0.15) is 13.2 Å². The summed E-state index contributed by atoms with van der Waals surface area (Å²) in [7, 11) is 0. The minimum Gasteiger partial charge on any atom is -0.352 e. The van der Waals surface area contributed by atoms with Gasteiger partial charge in [0.1, 0.15) is 12.4 Å². The topological polar surface area (TPSA) is 76.0 Å². The van der Waals surface area contributed by atoms with Crippen LogP contribution >= 0.6 is 11.6 Å². The maximum absolute atomic E-state index is 13.0. The summed E-state index contributed by atoms with van der Waals surface area (Å²) in [6.45, 7) is 0.108. The summed E-state index contributed by atoms with van der Waals surface area (Å²) in [4.78, 5) is 29.6. The fourth-order valence-electron chi connectivity index (χ4n) is 3.60. The number of alkyl halides is 3. The van der Waals surface area contributed by atoms with Crippen molar-refractivity contribution in [1.82, 2.24) is 14.9 Å². The van der Waals surface area contributed by atoms with Crippen LogP contribution in [-0.2, 0) is 23.9 Å². The minimum atomic E-state index is -4.51. The highest BCUT2D eigenvalue weighted by Gasteiger charge is 2.30. The van der Waals surface area contributed by atoms with Crippen molar-refractivity contribution in [1.29, 1.82) is 0 Å². The van der Waals surface area contributed by atoms with E-state index in [1.54, 1.807) is 47.0 Å². The van der Waals surface area contributed by atoms with E-state index >= 15 is 0 Å². The number of carbonyl (C=O) groups is 2. The second-order valence-corrected chi connectivity index (χ2v) is 8.18. The Balaban J connectivity index is 1.47. The van der Waals surface area contributed by atoms with E-state index in [9.17, 15) is 22.8 Å². The molecule has 0 atom stereocenters. The van der Waals surface area contributed by atoms with Gasteiger partial charge in [0, 0.05) is 29.2 Å². The van der Waals surface area contributed by atoms with Gasteiger partial charge in [-0.05, 0) is 54.6 Å². The average molecular weight is 501 g/mol. The van der Waals surface area contributed by atoms with Crippen molar-refractivity contribution in [2.75, 3.05) is 11.9 Å². The highest BCUT2D eigenvalue weighted by atomic mass is 35.5. The summed E-state index contributed by atoms with van der Waals surface area (Å²) in [5.74, 6) is -0.215. The monoisotopic (exact) mass is 500 g/mol.